The third-order valence-electron chi connectivity index (χ3n) is 4.29. The van der Waals surface area contributed by atoms with Crippen molar-refractivity contribution in [3.05, 3.63) is 84.2 Å². The molecule has 0 atom stereocenters. The number of nitrogens with zero attached hydrogens (tertiary/aromatic N) is 6. The van der Waals surface area contributed by atoms with Gasteiger partial charge in [0.2, 0.25) is 0 Å². The summed E-state index contributed by atoms with van der Waals surface area (Å²) in [6, 6.07) is 20.5. The van der Waals surface area contributed by atoms with Gasteiger partial charge >= 0.3 is 0 Å². The molecule has 0 fully saturated rings. The lowest BCUT2D eigenvalue weighted by Crippen LogP contribution is -1.90. The largest absolute Gasteiger partial charge is 0.277 e. The number of hydrogen-bond donors (Lipinski definition) is 0. The van der Waals surface area contributed by atoms with Crippen LogP contribution >= 0.6 is 23.5 Å². The van der Waals surface area contributed by atoms with Crippen LogP contribution in [0.5, 0.6) is 0 Å². The molecule has 4 heterocycles. The first-order valence-electron chi connectivity index (χ1n) is 8.80. The Kier molecular flexibility index (Phi) is 4.72. The van der Waals surface area contributed by atoms with Crippen LogP contribution in [0.3, 0.4) is 0 Å². The van der Waals surface area contributed by atoms with Gasteiger partial charge in [-0.25, -0.2) is 0 Å². The Morgan fingerprint density at radius 1 is 0.607 bits per heavy atom. The van der Waals surface area contributed by atoms with E-state index in [1.165, 1.54) is 11.1 Å². The molecule has 0 saturated heterocycles. The van der Waals surface area contributed by atoms with Gasteiger partial charge in [-0.05, 0) is 35.4 Å². The lowest BCUT2D eigenvalue weighted by Gasteiger charge is -2.05. The smallest absolute Gasteiger partial charge is 0.195 e. The summed E-state index contributed by atoms with van der Waals surface area (Å²) in [5, 5.41) is 18.8. The number of hydrogen-bond acceptors (Lipinski definition) is 6. The zero-order chi connectivity index (χ0) is 18.8. The van der Waals surface area contributed by atoms with E-state index in [0.717, 1.165) is 33.1 Å². The Morgan fingerprint density at radius 2 is 1.14 bits per heavy atom. The molecular formula is C20H16N6S2. The monoisotopic (exact) mass is 404 g/mol. The number of benzene rings is 1. The van der Waals surface area contributed by atoms with Crippen LogP contribution in [-0.2, 0) is 11.5 Å². The van der Waals surface area contributed by atoms with E-state index in [4.69, 9.17) is 0 Å². The van der Waals surface area contributed by atoms with Gasteiger partial charge < -0.3 is 0 Å². The molecule has 0 radical (unpaired) electrons. The van der Waals surface area contributed by atoms with Crippen LogP contribution in [0.4, 0.5) is 0 Å². The average molecular weight is 405 g/mol. The average Bonchev–Trinajstić information content (AvgIpc) is 3.35. The first-order valence-corrected chi connectivity index (χ1v) is 10.8. The summed E-state index contributed by atoms with van der Waals surface area (Å²) in [6.07, 6.45) is 3.99. The van der Waals surface area contributed by atoms with Crippen LogP contribution in [0.15, 0.2) is 83.4 Å². The van der Waals surface area contributed by atoms with Crippen LogP contribution in [0.25, 0.3) is 11.3 Å². The molecule has 0 aliphatic heterocycles. The second kappa shape index (κ2) is 7.65. The minimum absolute atomic E-state index is 0.849. The SMILES string of the molecule is c1cc(CSc2nnc3ccccn23)cc(CSc2nnc3ccccn23)c1. The van der Waals surface area contributed by atoms with E-state index in [-0.39, 0.29) is 0 Å². The molecule has 138 valence electrons. The topological polar surface area (TPSA) is 60.4 Å². The predicted molar refractivity (Wildman–Crippen MR) is 112 cm³/mol. The fourth-order valence-electron chi connectivity index (χ4n) is 2.94. The van der Waals surface area contributed by atoms with Gasteiger partial charge in [0.1, 0.15) is 0 Å². The maximum Gasteiger partial charge on any atom is 0.195 e. The number of aromatic nitrogens is 6. The third-order valence-corrected chi connectivity index (χ3v) is 6.32. The first-order chi connectivity index (χ1) is 13.9. The van der Waals surface area contributed by atoms with Crippen molar-refractivity contribution < 1.29 is 0 Å². The summed E-state index contributed by atoms with van der Waals surface area (Å²) < 4.78 is 4.03. The number of thioether (sulfide) groups is 2. The van der Waals surface area contributed by atoms with E-state index in [2.05, 4.69) is 44.7 Å². The predicted octanol–water partition coefficient (Wildman–Crippen LogP) is 4.36. The molecule has 0 spiro atoms. The molecule has 5 rings (SSSR count). The Bertz CT molecular complexity index is 1150. The quantitative estimate of drug-likeness (QED) is 0.392. The highest BCUT2D eigenvalue weighted by Crippen LogP contribution is 2.25. The fraction of sp³-hybridized carbons (Fsp3) is 0.100. The summed E-state index contributed by atoms with van der Waals surface area (Å²) in [6.45, 7) is 0. The number of rotatable bonds is 6. The maximum atomic E-state index is 4.29. The van der Waals surface area contributed by atoms with Gasteiger partial charge in [-0.3, -0.25) is 8.80 Å². The molecule has 6 nitrogen and oxygen atoms in total. The van der Waals surface area contributed by atoms with Crippen molar-refractivity contribution in [1.29, 1.82) is 0 Å². The first kappa shape index (κ1) is 17.3. The van der Waals surface area contributed by atoms with Crippen molar-refractivity contribution in [1.82, 2.24) is 29.2 Å². The molecular weight excluding hydrogens is 388 g/mol. The molecule has 4 aromatic heterocycles. The number of fused-ring (bicyclic) bond motifs is 2. The van der Waals surface area contributed by atoms with Gasteiger partial charge in [0.05, 0.1) is 0 Å². The Hall–Kier alpha value is -2.84. The third kappa shape index (κ3) is 3.48. The van der Waals surface area contributed by atoms with Crippen molar-refractivity contribution in [2.45, 2.75) is 21.8 Å². The molecule has 0 aliphatic carbocycles. The van der Waals surface area contributed by atoms with Crippen molar-refractivity contribution in [3.63, 3.8) is 0 Å². The van der Waals surface area contributed by atoms with E-state index in [9.17, 15) is 0 Å². The molecule has 8 heteroatoms. The lowest BCUT2D eigenvalue weighted by molar-refractivity contribution is 0.920. The molecule has 5 aromatic rings. The fourth-order valence-corrected chi connectivity index (χ4v) is 4.68. The van der Waals surface area contributed by atoms with Crippen LogP contribution < -0.4 is 0 Å². The molecule has 0 saturated carbocycles. The second-order valence-electron chi connectivity index (χ2n) is 6.22. The highest BCUT2D eigenvalue weighted by Gasteiger charge is 2.08. The van der Waals surface area contributed by atoms with Gasteiger partial charge in [-0.15, -0.1) is 20.4 Å². The van der Waals surface area contributed by atoms with Crippen molar-refractivity contribution in [3.8, 4) is 0 Å². The zero-order valence-corrected chi connectivity index (χ0v) is 16.5. The summed E-state index contributed by atoms with van der Waals surface area (Å²) in [7, 11) is 0. The molecule has 28 heavy (non-hydrogen) atoms. The Balaban J connectivity index is 1.27. The molecule has 0 unspecified atom stereocenters. The van der Waals surface area contributed by atoms with Crippen LogP contribution in [0.2, 0.25) is 0 Å². The standard InChI is InChI=1S/C20H16N6S2/c1-3-10-25-17(8-1)21-23-19(25)27-13-15-6-5-7-16(12-15)14-28-20-24-22-18-9-2-4-11-26(18)20/h1-12H,13-14H2. The molecule has 1 aromatic carbocycles. The molecule has 0 aliphatic rings. The van der Waals surface area contributed by atoms with Gasteiger partial charge in [-0.1, -0.05) is 59.9 Å². The normalized spacial score (nSPS) is 11.4. The minimum atomic E-state index is 0.849. The number of pyridine rings is 2. The van der Waals surface area contributed by atoms with E-state index in [1.807, 2.05) is 57.6 Å². The lowest BCUT2D eigenvalue weighted by atomic mass is 10.2. The summed E-state index contributed by atoms with van der Waals surface area (Å²) in [5.41, 5.74) is 4.27. The van der Waals surface area contributed by atoms with Crippen molar-refractivity contribution in [2.75, 3.05) is 0 Å². The summed E-state index contributed by atoms with van der Waals surface area (Å²) >= 11 is 3.38. The minimum Gasteiger partial charge on any atom is -0.277 e. The van der Waals surface area contributed by atoms with E-state index >= 15 is 0 Å². The maximum absolute atomic E-state index is 4.29. The zero-order valence-electron chi connectivity index (χ0n) is 14.8. The summed E-state index contributed by atoms with van der Waals surface area (Å²) in [5.74, 6) is 1.70. The highest BCUT2D eigenvalue weighted by molar-refractivity contribution is 7.98. The van der Waals surface area contributed by atoms with Gasteiger partial charge in [0.15, 0.2) is 21.6 Å². The molecule has 0 N–H and O–H groups in total. The van der Waals surface area contributed by atoms with Crippen LogP contribution in [-0.4, -0.2) is 29.2 Å². The second-order valence-corrected chi connectivity index (χ2v) is 8.11. The summed E-state index contributed by atoms with van der Waals surface area (Å²) in [4.78, 5) is 0. The van der Waals surface area contributed by atoms with Gasteiger partial charge in [-0.2, -0.15) is 0 Å². The molecule has 0 bridgehead atoms. The van der Waals surface area contributed by atoms with E-state index in [1.54, 1.807) is 23.5 Å². The molecule has 0 amide bonds. The van der Waals surface area contributed by atoms with Crippen molar-refractivity contribution in [2.24, 2.45) is 0 Å². The highest BCUT2D eigenvalue weighted by atomic mass is 32.2. The Morgan fingerprint density at radius 3 is 1.68 bits per heavy atom. The van der Waals surface area contributed by atoms with Gasteiger partial charge in [0, 0.05) is 23.9 Å². The van der Waals surface area contributed by atoms with Crippen LogP contribution in [0.1, 0.15) is 11.1 Å². The van der Waals surface area contributed by atoms with Gasteiger partial charge in [0.25, 0.3) is 0 Å². The van der Waals surface area contributed by atoms with Crippen molar-refractivity contribution >= 4 is 34.8 Å². The van der Waals surface area contributed by atoms with Crippen LogP contribution in [0, 0.1) is 0 Å². The van der Waals surface area contributed by atoms with E-state index < -0.39 is 0 Å². The Labute approximate surface area is 170 Å². The van der Waals surface area contributed by atoms with E-state index in [0.29, 0.717) is 0 Å².